The van der Waals surface area contributed by atoms with Gasteiger partial charge in [0.25, 0.3) is 0 Å². The monoisotopic (exact) mass is 219 g/mol. The minimum atomic E-state index is -0.190. The van der Waals surface area contributed by atoms with Crippen molar-refractivity contribution < 1.29 is 8.81 Å². The Kier molecular flexibility index (Phi) is 3.06. The van der Waals surface area contributed by atoms with Crippen molar-refractivity contribution in [2.24, 2.45) is 0 Å². The number of furan rings is 1. The molecule has 0 fully saturated rings. The molecule has 0 bridgehead atoms. The Balaban J connectivity index is 2.37. The maximum atomic E-state index is 13.5. The molecule has 84 valence electrons. The molecule has 1 atom stereocenters. The summed E-state index contributed by atoms with van der Waals surface area (Å²) >= 11 is 0. The summed E-state index contributed by atoms with van der Waals surface area (Å²) in [5.41, 5.74) is 1.51. The first-order valence-corrected chi connectivity index (χ1v) is 5.19. The molecule has 16 heavy (non-hydrogen) atoms. The Morgan fingerprint density at radius 1 is 1.31 bits per heavy atom. The molecular weight excluding hydrogens is 205 g/mol. The number of halogens is 1. The molecular formula is C13H14FNO. The smallest absolute Gasteiger partial charge is 0.126 e. The van der Waals surface area contributed by atoms with E-state index in [0.717, 1.165) is 11.3 Å². The van der Waals surface area contributed by atoms with Crippen molar-refractivity contribution in [1.82, 2.24) is 5.32 Å². The lowest BCUT2D eigenvalue weighted by Crippen LogP contribution is -2.17. The fourth-order valence-electron chi connectivity index (χ4n) is 1.72. The van der Waals surface area contributed by atoms with Gasteiger partial charge in [0.05, 0.1) is 12.3 Å². The fraction of sp³-hybridized carbons (Fsp3) is 0.231. The molecule has 1 heterocycles. The summed E-state index contributed by atoms with van der Waals surface area (Å²) in [7, 11) is 1.82. The molecule has 2 nitrogen and oxygen atoms in total. The first-order chi connectivity index (χ1) is 7.72. The Labute approximate surface area is 94.1 Å². The van der Waals surface area contributed by atoms with E-state index in [1.54, 1.807) is 25.3 Å². The van der Waals surface area contributed by atoms with Crippen LogP contribution < -0.4 is 5.32 Å². The van der Waals surface area contributed by atoms with Crippen molar-refractivity contribution >= 4 is 0 Å². The van der Waals surface area contributed by atoms with Crippen LogP contribution in [0.3, 0.4) is 0 Å². The average Bonchev–Trinajstić information content (AvgIpc) is 2.78. The van der Waals surface area contributed by atoms with Gasteiger partial charge in [-0.15, -0.1) is 0 Å². The van der Waals surface area contributed by atoms with Gasteiger partial charge in [0.15, 0.2) is 0 Å². The molecule has 0 saturated carbocycles. The molecule has 0 aliphatic heterocycles. The van der Waals surface area contributed by atoms with Gasteiger partial charge in [-0.2, -0.15) is 0 Å². The van der Waals surface area contributed by atoms with Crippen molar-refractivity contribution in [2.45, 2.75) is 13.0 Å². The number of aryl methyl sites for hydroxylation is 1. The van der Waals surface area contributed by atoms with Crippen LogP contribution in [-0.2, 0) is 0 Å². The second-order valence-corrected chi connectivity index (χ2v) is 3.75. The molecule has 2 aromatic rings. The first-order valence-electron chi connectivity index (χ1n) is 5.19. The number of nitrogens with one attached hydrogen (secondary N) is 1. The van der Waals surface area contributed by atoms with Crippen molar-refractivity contribution in [3.05, 3.63) is 59.3 Å². The Bertz CT molecular complexity index is 465. The molecule has 1 aromatic carbocycles. The van der Waals surface area contributed by atoms with E-state index in [1.165, 1.54) is 0 Å². The summed E-state index contributed by atoms with van der Waals surface area (Å²) in [5, 5.41) is 3.11. The van der Waals surface area contributed by atoms with Crippen LogP contribution in [0.1, 0.15) is 22.9 Å². The number of rotatable bonds is 3. The predicted octanol–water partition coefficient (Wildman–Crippen LogP) is 3.04. The van der Waals surface area contributed by atoms with Gasteiger partial charge in [-0.05, 0) is 43.3 Å². The van der Waals surface area contributed by atoms with Crippen LogP contribution in [0.25, 0.3) is 0 Å². The number of hydrogen-bond donors (Lipinski definition) is 1. The lowest BCUT2D eigenvalue weighted by atomic mass is 10.0. The van der Waals surface area contributed by atoms with Gasteiger partial charge in [0.2, 0.25) is 0 Å². The third-order valence-corrected chi connectivity index (χ3v) is 2.65. The minimum absolute atomic E-state index is 0.106. The summed E-state index contributed by atoms with van der Waals surface area (Å²) in [6, 6.07) is 8.81. The summed E-state index contributed by atoms with van der Waals surface area (Å²) in [6.45, 7) is 1.75. The molecule has 3 heteroatoms. The van der Waals surface area contributed by atoms with E-state index in [9.17, 15) is 4.39 Å². The highest BCUT2D eigenvalue weighted by Gasteiger charge is 2.15. The van der Waals surface area contributed by atoms with Gasteiger partial charge in [-0.3, -0.25) is 0 Å². The zero-order valence-electron chi connectivity index (χ0n) is 9.33. The lowest BCUT2D eigenvalue weighted by Gasteiger charge is -2.14. The van der Waals surface area contributed by atoms with Gasteiger partial charge in [0, 0.05) is 0 Å². The van der Waals surface area contributed by atoms with E-state index in [4.69, 9.17) is 4.42 Å². The molecule has 0 radical (unpaired) electrons. The molecule has 1 N–H and O–H groups in total. The molecule has 0 saturated heterocycles. The van der Waals surface area contributed by atoms with Crippen LogP contribution in [0, 0.1) is 12.7 Å². The van der Waals surface area contributed by atoms with Gasteiger partial charge < -0.3 is 9.73 Å². The normalized spacial score (nSPS) is 12.7. The highest BCUT2D eigenvalue weighted by molar-refractivity contribution is 5.30. The van der Waals surface area contributed by atoms with Crippen LogP contribution in [0.5, 0.6) is 0 Å². The van der Waals surface area contributed by atoms with E-state index in [0.29, 0.717) is 5.56 Å². The van der Waals surface area contributed by atoms with Crippen LogP contribution in [0.4, 0.5) is 4.39 Å². The SMILES string of the molecule is CNC(c1ccc(C)c(F)c1)c1ccco1. The zero-order valence-corrected chi connectivity index (χ0v) is 9.33. The second-order valence-electron chi connectivity index (χ2n) is 3.75. The number of benzene rings is 1. The van der Waals surface area contributed by atoms with E-state index in [1.807, 2.05) is 25.2 Å². The van der Waals surface area contributed by atoms with E-state index in [2.05, 4.69) is 5.32 Å². The summed E-state index contributed by atoms with van der Waals surface area (Å²) in [6.07, 6.45) is 1.62. The molecule has 0 aliphatic carbocycles. The van der Waals surface area contributed by atoms with Crippen molar-refractivity contribution in [3.63, 3.8) is 0 Å². The van der Waals surface area contributed by atoms with E-state index >= 15 is 0 Å². The predicted molar refractivity (Wildman–Crippen MR) is 60.7 cm³/mol. The van der Waals surface area contributed by atoms with Crippen molar-refractivity contribution in [2.75, 3.05) is 7.05 Å². The number of hydrogen-bond acceptors (Lipinski definition) is 2. The summed E-state index contributed by atoms with van der Waals surface area (Å²) in [4.78, 5) is 0. The molecule has 0 amide bonds. The molecule has 1 unspecified atom stereocenters. The van der Waals surface area contributed by atoms with Crippen LogP contribution in [0.2, 0.25) is 0 Å². The third-order valence-electron chi connectivity index (χ3n) is 2.65. The van der Waals surface area contributed by atoms with Gasteiger partial charge in [-0.1, -0.05) is 12.1 Å². The maximum absolute atomic E-state index is 13.5. The van der Waals surface area contributed by atoms with E-state index in [-0.39, 0.29) is 11.9 Å². The van der Waals surface area contributed by atoms with Gasteiger partial charge in [0.1, 0.15) is 11.6 Å². The Hall–Kier alpha value is -1.61. The Morgan fingerprint density at radius 2 is 2.12 bits per heavy atom. The fourth-order valence-corrected chi connectivity index (χ4v) is 1.72. The van der Waals surface area contributed by atoms with Crippen molar-refractivity contribution in [3.8, 4) is 0 Å². The summed E-state index contributed by atoms with van der Waals surface area (Å²) < 4.78 is 18.8. The van der Waals surface area contributed by atoms with Crippen molar-refractivity contribution in [1.29, 1.82) is 0 Å². The molecule has 0 aliphatic rings. The second kappa shape index (κ2) is 4.49. The summed E-state index contributed by atoms with van der Waals surface area (Å²) in [5.74, 6) is 0.593. The largest absolute Gasteiger partial charge is 0.467 e. The first kappa shape index (κ1) is 10.9. The van der Waals surface area contributed by atoms with Gasteiger partial charge in [-0.25, -0.2) is 4.39 Å². The Morgan fingerprint density at radius 3 is 2.69 bits per heavy atom. The van der Waals surface area contributed by atoms with E-state index < -0.39 is 0 Å². The lowest BCUT2D eigenvalue weighted by molar-refractivity contribution is 0.462. The maximum Gasteiger partial charge on any atom is 0.126 e. The molecule has 2 rings (SSSR count). The average molecular weight is 219 g/mol. The molecule has 1 aromatic heterocycles. The molecule has 0 spiro atoms. The third kappa shape index (κ3) is 1.99. The quantitative estimate of drug-likeness (QED) is 0.858. The van der Waals surface area contributed by atoms with Crippen LogP contribution in [0.15, 0.2) is 41.0 Å². The van der Waals surface area contributed by atoms with Gasteiger partial charge >= 0.3 is 0 Å². The van der Waals surface area contributed by atoms with Crippen LogP contribution >= 0.6 is 0 Å². The minimum Gasteiger partial charge on any atom is -0.467 e. The highest BCUT2D eigenvalue weighted by atomic mass is 19.1. The highest BCUT2D eigenvalue weighted by Crippen LogP contribution is 2.23. The zero-order chi connectivity index (χ0) is 11.5. The topological polar surface area (TPSA) is 25.2 Å². The van der Waals surface area contributed by atoms with Crippen LogP contribution in [-0.4, -0.2) is 7.05 Å². The standard InChI is InChI=1S/C13H14FNO/c1-9-5-6-10(8-11(9)14)13(15-2)12-4-3-7-16-12/h3-8,13,15H,1-2H3.